The first kappa shape index (κ1) is 12.4. The van der Waals surface area contributed by atoms with Crippen LogP contribution < -0.4 is 5.32 Å². The number of imidazole rings is 1. The van der Waals surface area contributed by atoms with Crippen LogP contribution in [0.2, 0.25) is 0 Å². The van der Waals surface area contributed by atoms with Gasteiger partial charge in [-0.05, 0) is 32.4 Å². The Balaban J connectivity index is 1.93. The van der Waals surface area contributed by atoms with Gasteiger partial charge in [0, 0.05) is 31.5 Å². The maximum absolute atomic E-state index is 4.41. The molecule has 0 amide bonds. The smallest absolute Gasteiger partial charge is 0.203 e. The number of nitrogens with one attached hydrogen (secondary N) is 1. The quantitative estimate of drug-likeness (QED) is 0.850. The molecule has 4 nitrogen and oxygen atoms in total. The van der Waals surface area contributed by atoms with E-state index in [9.17, 15) is 0 Å². The van der Waals surface area contributed by atoms with E-state index in [0.717, 1.165) is 32.0 Å². The van der Waals surface area contributed by atoms with Gasteiger partial charge in [0.1, 0.15) is 0 Å². The normalized spacial score (nSPS) is 21.6. The molecule has 96 valence electrons. The molecule has 1 aliphatic rings. The molecule has 0 bridgehead atoms. The monoisotopic (exact) mass is 236 g/mol. The van der Waals surface area contributed by atoms with Crippen molar-refractivity contribution in [3.63, 3.8) is 0 Å². The Morgan fingerprint density at radius 2 is 2.35 bits per heavy atom. The van der Waals surface area contributed by atoms with Crippen LogP contribution in [-0.2, 0) is 6.54 Å². The molecule has 1 aromatic rings. The maximum Gasteiger partial charge on any atom is 0.203 e. The predicted octanol–water partition coefficient (Wildman–Crippen LogP) is 2.19. The molecule has 4 heteroatoms. The lowest BCUT2D eigenvalue weighted by atomic mass is 10.1. The Hall–Kier alpha value is -1.03. The summed E-state index contributed by atoms with van der Waals surface area (Å²) in [6.45, 7) is 9.03. The van der Waals surface area contributed by atoms with Gasteiger partial charge in [-0.25, -0.2) is 4.98 Å². The molecule has 2 rings (SSSR count). The summed E-state index contributed by atoms with van der Waals surface area (Å²) in [6, 6.07) is 0.557. The molecule has 0 aliphatic carbocycles. The summed E-state index contributed by atoms with van der Waals surface area (Å²) in [5.74, 6) is 1.04. The first-order chi connectivity index (χ1) is 8.33. The van der Waals surface area contributed by atoms with Crippen molar-refractivity contribution in [2.45, 2.75) is 45.7 Å². The van der Waals surface area contributed by atoms with E-state index in [1.54, 1.807) is 0 Å². The zero-order chi connectivity index (χ0) is 12.1. The van der Waals surface area contributed by atoms with Crippen molar-refractivity contribution in [2.24, 2.45) is 0 Å². The zero-order valence-corrected chi connectivity index (χ0v) is 11.0. The zero-order valence-electron chi connectivity index (χ0n) is 11.0. The van der Waals surface area contributed by atoms with Gasteiger partial charge in [-0.15, -0.1) is 0 Å². The summed E-state index contributed by atoms with van der Waals surface area (Å²) in [4.78, 5) is 6.92. The van der Waals surface area contributed by atoms with Gasteiger partial charge >= 0.3 is 0 Å². The van der Waals surface area contributed by atoms with Gasteiger partial charge in [-0.3, -0.25) is 0 Å². The number of likely N-dealkylation sites (N-methyl/N-ethyl adjacent to an activating group) is 1. The third-order valence-electron chi connectivity index (χ3n) is 3.47. The highest BCUT2D eigenvalue weighted by Crippen LogP contribution is 2.15. The van der Waals surface area contributed by atoms with Crippen molar-refractivity contribution in [1.29, 1.82) is 0 Å². The lowest BCUT2D eigenvalue weighted by molar-refractivity contribution is 0.226. The Labute approximate surface area is 104 Å². The highest BCUT2D eigenvalue weighted by atomic mass is 15.2. The average Bonchev–Trinajstić information content (AvgIpc) is 2.78. The molecule has 0 saturated carbocycles. The molecule has 1 N–H and O–H groups in total. The standard InChI is InChI=1S/C13H24N4/c1-3-8-17-10-7-14-13(17)15-12-6-5-9-16(4-2)11-12/h7,10,12H,3-6,8-9,11H2,1-2H3,(H,14,15). The van der Waals surface area contributed by atoms with Gasteiger partial charge in [0.2, 0.25) is 5.95 Å². The summed E-state index contributed by atoms with van der Waals surface area (Å²) in [7, 11) is 0. The Morgan fingerprint density at radius 3 is 3.12 bits per heavy atom. The van der Waals surface area contributed by atoms with Crippen LogP contribution in [0.4, 0.5) is 5.95 Å². The highest BCUT2D eigenvalue weighted by Gasteiger charge is 2.19. The van der Waals surface area contributed by atoms with Crippen molar-refractivity contribution in [1.82, 2.24) is 14.5 Å². The van der Waals surface area contributed by atoms with Crippen molar-refractivity contribution in [3.8, 4) is 0 Å². The molecule has 1 aliphatic heterocycles. The molecule has 0 aromatic carbocycles. The fraction of sp³-hybridized carbons (Fsp3) is 0.769. The fourth-order valence-electron chi connectivity index (χ4n) is 2.51. The van der Waals surface area contributed by atoms with Gasteiger partial charge in [-0.2, -0.15) is 0 Å². The summed E-state index contributed by atoms with van der Waals surface area (Å²) in [5, 5.41) is 3.59. The lowest BCUT2D eigenvalue weighted by Crippen LogP contribution is -2.42. The number of hydrogen-bond acceptors (Lipinski definition) is 3. The number of piperidine rings is 1. The van der Waals surface area contributed by atoms with E-state index in [0.29, 0.717) is 6.04 Å². The molecule has 1 atom stereocenters. The third-order valence-corrected chi connectivity index (χ3v) is 3.47. The minimum atomic E-state index is 0.557. The summed E-state index contributed by atoms with van der Waals surface area (Å²) in [5.41, 5.74) is 0. The molecule has 2 heterocycles. The van der Waals surface area contributed by atoms with E-state index < -0.39 is 0 Å². The van der Waals surface area contributed by atoms with E-state index in [2.05, 4.69) is 39.8 Å². The van der Waals surface area contributed by atoms with Crippen LogP contribution in [0.1, 0.15) is 33.1 Å². The minimum Gasteiger partial charge on any atom is -0.352 e. The van der Waals surface area contributed by atoms with Crippen molar-refractivity contribution < 1.29 is 0 Å². The van der Waals surface area contributed by atoms with Gasteiger partial charge in [0.25, 0.3) is 0 Å². The average molecular weight is 236 g/mol. The second-order valence-electron chi connectivity index (χ2n) is 4.82. The highest BCUT2D eigenvalue weighted by molar-refractivity contribution is 5.28. The van der Waals surface area contributed by atoms with E-state index in [4.69, 9.17) is 0 Å². The molecular formula is C13H24N4. The molecule has 1 unspecified atom stereocenters. The number of aromatic nitrogens is 2. The van der Waals surface area contributed by atoms with Crippen LogP contribution >= 0.6 is 0 Å². The van der Waals surface area contributed by atoms with Crippen LogP contribution in [0.15, 0.2) is 12.4 Å². The Bertz CT molecular complexity index is 334. The van der Waals surface area contributed by atoms with Crippen molar-refractivity contribution >= 4 is 5.95 Å². The molecule has 0 radical (unpaired) electrons. The number of nitrogens with zero attached hydrogens (tertiary/aromatic N) is 3. The van der Waals surface area contributed by atoms with Crippen LogP contribution in [0.5, 0.6) is 0 Å². The largest absolute Gasteiger partial charge is 0.352 e. The van der Waals surface area contributed by atoms with Crippen LogP contribution in [0.25, 0.3) is 0 Å². The predicted molar refractivity (Wildman–Crippen MR) is 71.3 cm³/mol. The number of likely N-dealkylation sites (tertiary alicyclic amines) is 1. The summed E-state index contributed by atoms with van der Waals surface area (Å²) < 4.78 is 2.21. The summed E-state index contributed by atoms with van der Waals surface area (Å²) >= 11 is 0. The minimum absolute atomic E-state index is 0.557. The van der Waals surface area contributed by atoms with Crippen LogP contribution in [-0.4, -0.2) is 40.1 Å². The number of anilines is 1. The molecule has 1 aromatic heterocycles. The topological polar surface area (TPSA) is 33.1 Å². The van der Waals surface area contributed by atoms with E-state index in [1.165, 1.54) is 19.4 Å². The van der Waals surface area contributed by atoms with Crippen molar-refractivity contribution in [3.05, 3.63) is 12.4 Å². The Morgan fingerprint density at radius 1 is 1.47 bits per heavy atom. The first-order valence-corrected chi connectivity index (χ1v) is 6.83. The third kappa shape index (κ3) is 3.22. The Kier molecular flexibility index (Phi) is 4.42. The van der Waals surface area contributed by atoms with Crippen LogP contribution in [0.3, 0.4) is 0 Å². The number of aryl methyl sites for hydroxylation is 1. The molecular weight excluding hydrogens is 212 g/mol. The lowest BCUT2D eigenvalue weighted by Gasteiger charge is -2.32. The maximum atomic E-state index is 4.41. The fourth-order valence-corrected chi connectivity index (χ4v) is 2.51. The second kappa shape index (κ2) is 6.05. The SMILES string of the molecule is CCCn1ccnc1NC1CCCN(CC)C1. The first-order valence-electron chi connectivity index (χ1n) is 6.83. The van der Waals surface area contributed by atoms with Gasteiger partial charge in [0.05, 0.1) is 0 Å². The number of hydrogen-bond donors (Lipinski definition) is 1. The molecule has 1 fully saturated rings. The van der Waals surface area contributed by atoms with Crippen molar-refractivity contribution in [2.75, 3.05) is 25.0 Å². The second-order valence-corrected chi connectivity index (χ2v) is 4.82. The molecule has 1 saturated heterocycles. The van der Waals surface area contributed by atoms with Gasteiger partial charge in [-0.1, -0.05) is 13.8 Å². The summed E-state index contributed by atoms with van der Waals surface area (Å²) in [6.07, 6.45) is 7.65. The van der Waals surface area contributed by atoms with E-state index in [1.807, 2.05) is 6.20 Å². The molecule has 0 spiro atoms. The van der Waals surface area contributed by atoms with E-state index >= 15 is 0 Å². The van der Waals surface area contributed by atoms with Crippen LogP contribution in [0, 0.1) is 0 Å². The van der Waals surface area contributed by atoms with Gasteiger partial charge in [0.15, 0.2) is 0 Å². The van der Waals surface area contributed by atoms with Gasteiger partial charge < -0.3 is 14.8 Å². The number of rotatable bonds is 5. The van der Waals surface area contributed by atoms with E-state index in [-0.39, 0.29) is 0 Å². The molecule has 17 heavy (non-hydrogen) atoms.